The average Bonchev–Trinajstić information content (AvgIpc) is 2.90. The fourth-order valence-electron chi connectivity index (χ4n) is 3.75. The van der Waals surface area contributed by atoms with E-state index in [2.05, 4.69) is 0 Å². The first-order valence-electron chi connectivity index (χ1n) is 9.91. The lowest BCUT2D eigenvalue weighted by Crippen LogP contribution is -2.49. The van der Waals surface area contributed by atoms with Crippen LogP contribution >= 0.6 is 11.8 Å². The molecule has 3 rings (SSSR count). The maximum Gasteiger partial charge on any atom is 0.331 e. The highest BCUT2D eigenvalue weighted by Gasteiger charge is 2.43. The molecule has 0 radical (unpaired) electrons. The molecule has 0 spiro atoms. The van der Waals surface area contributed by atoms with Crippen LogP contribution in [0.4, 0.5) is 0 Å². The van der Waals surface area contributed by atoms with E-state index in [9.17, 15) is 19.2 Å². The standard InChI is InChI=1S/C21H26N2O5S/c1-14(18(24)22-11-7-3-4-8-12-22)28-21(27)17(13-29-2)23-19(25)15-9-5-6-10-16(15)20(23)26/h5-6,9-10,14,17H,3-4,7-8,11-13H2,1-2H3/t14-,17-/m0/s1. The van der Waals surface area contributed by atoms with Crippen LogP contribution in [-0.2, 0) is 14.3 Å². The lowest BCUT2D eigenvalue weighted by atomic mass is 10.1. The normalized spacial score (nSPS) is 18.8. The lowest BCUT2D eigenvalue weighted by molar-refractivity contribution is -0.161. The van der Waals surface area contributed by atoms with Crippen molar-refractivity contribution < 1.29 is 23.9 Å². The van der Waals surface area contributed by atoms with Gasteiger partial charge >= 0.3 is 5.97 Å². The Hall–Kier alpha value is -2.35. The number of amides is 3. The second-order valence-corrected chi connectivity index (χ2v) is 8.23. The molecule has 0 saturated carbocycles. The molecule has 0 unspecified atom stereocenters. The van der Waals surface area contributed by atoms with E-state index in [1.807, 2.05) is 0 Å². The molecule has 2 aliphatic rings. The third-order valence-corrected chi connectivity index (χ3v) is 5.94. The number of hydrogen-bond donors (Lipinski definition) is 0. The van der Waals surface area contributed by atoms with Crippen molar-refractivity contribution in [2.75, 3.05) is 25.1 Å². The summed E-state index contributed by atoms with van der Waals surface area (Å²) in [6.07, 6.45) is 4.89. The Kier molecular flexibility index (Phi) is 6.95. The Morgan fingerprint density at radius 3 is 2.10 bits per heavy atom. The Balaban J connectivity index is 1.72. The molecule has 2 aliphatic heterocycles. The Bertz CT molecular complexity index is 769. The molecule has 156 valence electrons. The molecule has 1 fully saturated rings. The van der Waals surface area contributed by atoms with Gasteiger partial charge in [0.25, 0.3) is 17.7 Å². The van der Waals surface area contributed by atoms with Gasteiger partial charge in [0.15, 0.2) is 6.10 Å². The Labute approximate surface area is 174 Å². The highest BCUT2D eigenvalue weighted by Crippen LogP contribution is 2.26. The van der Waals surface area contributed by atoms with Gasteiger partial charge < -0.3 is 9.64 Å². The predicted molar refractivity (Wildman–Crippen MR) is 110 cm³/mol. The van der Waals surface area contributed by atoms with Crippen molar-refractivity contribution in [3.8, 4) is 0 Å². The molecule has 0 aliphatic carbocycles. The van der Waals surface area contributed by atoms with Gasteiger partial charge in [0.05, 0.1) is 11.1 Å². The zero-order valence-corrected chi connectivity index (χ0v) is 17.6. The van der Waals surface area contributed by atoms with Gasteiger partial charge in [-0.1, -0.05) is 25.0 Å². The summed E-state index contributed by atoms with van der Waals surface area (Å²) in [7, 11) is 0. The summed E-state index contributed by atoms with van der Waals surface area (Å²) in [4.78, 5) is 53.8. The van der Waals surface area contributed by atoms with Crippen LogP contribution < -0.4 is 0 Å². The molecule has 8 heteroatoms. The molecule has 7 nitrogen and oxygen atoms in total. The summed E-state index contributed by atoms with van der Waals surface area (Å²) < 4.78 is 5.44. The van der Waals surface area contributed by atoms with Crippen LogP contribution in [0, 0.1) is 0 Å². The van der Waals surface area contributed by atoms with Crippen molar-refractivity contribution in [3.63, 3.8) is 0 Å². The van der Waals surface area contributed by atoms with Crippen molar-refractivity contribution >= 4 is 35.5 Å². The van der Waals surface area contributed by atoms with Gasteiger partial charge in [0.2, 0.25) is 0 Å². The monoisotopic (exact) mass is 418 g/mol. The van der Waals surface area contributed by atoms with Crippen molar-refractivity contribution in [1.29, 1.82) is 0 Å². The molecule has 1 saturated heterocycles. The van der Waals surface area contributed by atoms with E-state index in [0.29, 0.717) is 13.1 Å². The van der Waals surface area contributed by atoms with Crippen molar-refractivity contribution in [1.82, 2.24) is 9.80 Å². The predicted octanol–water partition coefficient (Wildman–Crippen LogP) is 2.35. The molecule has 2 heterocycles. The molecule has 0 N–H and O–H groups in total. The molecular weight excluding hydrogens is 392 g/mol. The van der Waals surface area contributed by atoms with Crippen LogP contribution in [0.5, 0.6) is 0 Å². The van der Waals surface area contributed by atoms with E-state index < -0.39 is 29.9 Å². The maximum absolute atomic E-state index is 12.9. The molecular formula is C21H26N2O5S. The van der Waals surface area contributed by atoms with Crippen molar-refractivity contribution in [2.45, 2.75) is 44.8 Å². The topological polar surface area (TPSA) is 84.0 Å². The maximum atomic E-state index is 12.9. The largest absolute Gasteiger partial charge is 0.451 e. The van der Waals surface area contributed by atoms with Gasteiger partial charge in [-0.3, -0.25) is 19.3 Å². The van der Waals surface area contributed by atoms with Gasteiger partial charge in [-0.2, -0.15) is 11.8 Å². The number of fused-ring (bicyclic) bond motifs is 1. The van der Waals surface area contributed by atoms with E-state index in [0.717, 1.165) is 30.6 Å². The lowest BCUT2D eigenvalue weighted by Gasteiger charge is -2.27. The Morgan fingerprint density at radius 2 is 1.59 bits per heavy atom. The number of benzene rings is 1. The van der Waals surface area contributed by atoms with Gasteiger partial charge in [-0.25, -0.2) is 4.79 Å². The number of ether oxygens (including phenoxy) is 1. The second kappa shape index (κ2) is 9.43. The highest BCUT2D eigenvalue weighted by molar-refractivity contribution is 7.98. The van der Waals surface area contributed by atoms with E-state index in [4.69, 9.17) is 4.74 Å². The quantitative estimate of drug-likeness (QED) is 0.521. The van der Waals surface area contributed by atoms with Gasteiger partial charge in [0.1, 0.15) is 6.04 Å². The van der Waals surface area contributed by atoms with Crippen molar-refractivity contribution in [3.05, 3.63) is 35.4 Å². The van der Waals surface area contributed by atoms with Crippen LogP contribution in [-0.4, -0.2) is 70.7 Å². The number of carbonyl (C=O) groups is 4. The number of hydrogen-bond acceptors (Lipinski definition) is 6. The number of esters is 1. The van der Waals surface area contributed by atoms with Crippen LogP contribution in [0.25, 0.3) is 0 Å². The third-order valence-electron chi connectivity index (χ3n) is 5.29. The summed E-state index contributed by atoms with van der Waals surface area (Å²) in [5.74, 6) is -1.77. The summed E-state index contributed by atoms with van der Waals surface area (Å²) in [6.45, 7) is 2.87. The van der Waals surface area contributed by atoms with E-state index in [-0.39, 0.29) is 22.8 Å². The average molecular weight is 419 g/mol. The summed E-state index contributed by atoms with van der Waals surface area (Å²) in [6, 6.07) is 5.43. The molecule has 3 amide bonds. The molecule has 1 aromatic rings. The molecule has 0 bridgehead atoms. The smallest absolute Gasteiger partial charge is 0.331 e. The molecule has 29 heavy (non-hydrogen) atoms. The third kappa shape index (κ3) is 4.47. The zero-order chi connectivity index (χ0) is 21.0. The summed E-state index contributed by atoms with van der Waals surface area (Å²) in [5.41, 5.74) is 0.565. The summed E-state index contributed by atoms with van der Waals surface area (Å²) in [5, 5.41) is 0. The number of imide groups is 1. The molecule has 0 aromatic heterocycles. The number of rotatable bonds is 6. The van der Waals surface area contributed by atoms with E-state index >= 15 is 0 Å². The summed E-state index contributed by atoms with van der Waals surface area (Å²) >= 11 is 1.33. The molecule has 1 aromatic carbocycles. The van der Waals surface area contributed by atoms with Crippen LogP contribution in [0.2, 0.25) is 0 Å². The number of thioether (sulfide) groups is 1. The SMILES string of the molecule is CSC[C@@H](C(=O)O[C@@H](C)C(=O)N1CCCCCC1)N1C(=O)c2ccccc2C1=O. The number of likely N-dealkylation sites (tertiary alicyclic amines) is 1. The van der Waals surface area contributed by atoms with Crippen LogP contribution in [0.1, 0.15) is 53.3 Å². The Morgan fingerprint density at radius 1 is 1.03 bits per heavy atom. The van der Waals surface area contributed by atoms with Gasteiger partial charge in [0, 0.05) is 18.8 Å². The van der Waals surface area contributed by atoms with E-state index in [1.54, 1.807) is 42.3 Å². The van der Waals surface area contributed by atoms with Crippen LogP contribution in [0.15, 0.2) is 24.3 Å². The second-order valence-electron chi connectivity index (χ2n) is 7.32. The number of carbonyl (C=O) groups excluding carboxylic acids is 4. The fraction of sp³-hybridized carbons (Fsp3) is 0.524. The first kappa shape index (κ1) is 21.4. The first-order chi connectivity index (χ1) is 14.0. The minimum absolute atomic E-state index is 0.203. The van der Waals surface area contributed by atoms with Crippen molar-refractivity contribution in [2.24, 2.45) is 0 Å². The fourth-order valence-corrected chi connectivity index (χ4v) is 4.35. The highest BCUT2D eigenvalue weighted by atomic mass is 32.2. The van der Waals surface area contributed by atoms with Crippen LogP contribution in [0.3, 0.4) is 0 Å². The van der Waals surface area contributed by atoms with Gasteiger partial charge in [-0.15, -0.1) is 0 Å². The van der Waals surface area contributed by atoms with E-state index in [1.165, 1.54) is 11.8 Å². The zero-order valence-electron chi connectivity index (χ0n) is 16.8. The number of nitrogens with zero attached hydrogens (tertiary/aromatic N) is 2. The first-order valence-corrected chi connectivity index (χ1v) is 11.3. The minimum atomic E-state index is -1.07. The molecule has 2 atom stereocenters. The minimum Gasteiger partial charge on any atom is -0.451 e. The van der Waals surface area contributed by atoms with Gasteiger partial charge in [-0.05, 0) is 38.2 Å².